The Kier molecular flexibility index (Phi) is 5.38. The van der Waals surface area contributed by atoms with Gasteiger partial charge in [-0.25, -0.2) is 0 Å². The normalized spacial score (nSPS) is 11.0. The lowest BCUT2D eigenvalue weighted by Crippen LogP contribution is -2.03. The number of ketones is 1. The highest BCUT2D eigenvalue weighted by Crippen LogP contribution is 2.32. The molecule has 5 nitrogen and oxygen atoms in total. The molecule has 1 N–H and O–H groups in total. The molecule has 0 saturated carbocycles. The minimum Gasteiger partial charge on any atom is -0.354 e. The molecule has 2 heterocycles. The van der Waals surface area contributed by atoms with Crippen LogP contribution in [0.4, 0.5) is 11.4 Å². The van der Waals surface area contributed by atoms with E-state index < -0.39 is 0 Å². The number of nitrogens with zero attached hydrogens (tertiary/aromatic N) is 3. The fourth-order valence-corrected chi connectivity index (χ4v) is 3.39. The van der Waals surface area contributed by atoms with Gasteiger partial charge in [0.05, 0.1) is 23.0 Å². The number of hydrogen-bond acceptors (Lipinski definition) is 4. The second-order valence-corrected chi connectivity index (χ2v) is 7.17. The van der Waals surface area contributed by atoms with E-state index >= 15 is 0 Å². The lowest BCUT2D eigenvalue weighted by Gasteiger charge is -2.14. The number of anilines is 2. The number of aromatic nitrogens is 3. The van der Waals surface area contributed by atoms with Crippen molar-refractivity contribution in [3.05, 3.63) is 72.7 Å². The Labute approximate surface area is 170 Å². The summed E-state index contributed by atoms with van der Waals surface area (Å²) in [6, 6.07) is 16.0. The number of nitrogens with one attached hydrogen (secondary N) is 1. The van der Waals surface area contributed by atoms with Gasteiger partial charge in [-0.05, 0) is 43.2 Å². The lowest BCUT2D eigenvalue weighted by molar-refractivity contribution is 0.101. The van der Waals surface area contributed by atoms with Gasteiger partial charge in [-0.2, -0.15) is 5.10 Å². The SMILES string of the molecule is CCCCn1cc(-c2ccc3ncc(C(C)=O)c(Nc4ccccc4)c3c2)cn1. The van der Waals surface area contributed by atoms with Crippen molar-refractivity contribution in [3.63, 3.8) is 0 Å². The van der Waals surface area contributed by atoms with Gasteiger partial charge in [-0.3, -0.25) is 14.5 Å². The van der Waals surface area contributed by atoms with Crippen LogP contribution >= 0.6 is 0 Å². The zero-order valence-electron chi connectivity index (χ0n) is 16.7. The Hall–Kier alpha value is -3.47. The number of carbonyl (C=O) groups excluding carboxylic acids is 1. The summed E-state index contributed by atoms with van der Waals surface area (Å²) in [5.41, 5.74) is 5.25. The number of hydrogen-bond donors (Lipinski definition) is 1. The first-order valence-electron chi connectivity index (χ1n) is 9.94. The maximum Gasteiger partial charge on any atom is 0.163 e. The van der Waals surface area contributed by atoms with Crippen LogP contribution in [0.25, 0.3) is 22.0 Å². The number of para-hydroxylation sites is 1. The fourth-order valence-electron chi connectivity index (χ4n) is 3.39. The number of aryl methyl sites for hydroxylation is 1. The molecule has 0 atom stereocenters. The zero-order chi connectivity index (χ0) is 20.2. The molecule has 0 unspecified atom stereocenters. The molecule has 2 aromatic carbocycles. The van der Waals surface area contributed by atoms with Crippen molar-refractivity contribution < 1.29 is 4.79 Å². The topological polar surface area (TPSA) is 59.8 Å². The molecule has 0 aliphatic carbocycles. The summed E-state index contributed by atoms with van der Waals surface area (Å²) in [5.74, 6) is -0.0179. The Bertz CT molecular complexity index is 1150. The second-order valence-electron chi connectivity index (χ2n) is 7.17. The van der Waals surface area contributed by atoms with Crippen LogP contribution in [0.5, 0.6) is 0 Å². The highest BCUT2D eigenvalue weighted by molar-refractivity contribution is 6.08. The van der Waals surface area contributed by atoms with Gasteiger partial charge < -0.3 is 5.32 Å². The van der Waals surface area contributed by atoms with E-state index in [1.807, 2.05) is 47.3 Å². The fraction of sp³-hybridized carbons (Fsp3) is 0.208. The first-order chi connectivity index (χ1) is 14.2. The van der Waals surface area contributed by atoms with Crippen LogP contribution in [0.2, 0.25) is 0 Å². The summed E-state index contributed by atoms with van der Waals surface area (Å²) < 4.78 is 1.98. The van der Waals surface area contributed by atoms with Gasteiger partial charge in [0.25, 0.3) is 0 Å². The van der Waals surface area contributed by atoms with E-state index in [4.69, 9.17) is 0 Å². The number of benzene rings is 2. The second kappa shape index (κ2) is 8.27. The zero-order valence-corrected chi connectivity index (χ0v) is 16.7. The molecular formula is C24H24N4O. The summed E-state index contributed by atoms with van der Waals surface area (Å²) in [7, 11) is 0. The van der Waals surface area contributed by atoms with Crippen molar-refractivity contribution >= 4 is 28.1 Å². The Balaban J connectivity index is 1.80. The molecule has 0 fully saturated rings. The van der Waals surface area contributed by atoms with Gasteiger partial charge in [-0.15, -0.1) is 0 Å². The third-order valence-electron chi connectivity index (χ3n) is 5.00. The Morgan fingerprint density at radius 1 is 1.07 bits per heavy atom. The summed E-state index contributed by atoms with van der Waals surface area (Å²) in [6.07, 6.45) is 7.86. The number of fused-ring (bicyclic) bond motifs is 1. The Morgan fingerprint density at radius 3 is 2.66 bits per heavy atom. The lowest BCUT2D eigenvalue weighted by atomic mass is 10.0. The minimum absolute atomic E-state index is 0.0179. The molecule has 0 bridgehead atoms. The summed E-state index contributed by atoms with van der Waals surface area (Å²) in [4.78, 5) is 16.8. The van der Waals surface area contributed by atoms with Crippen LogP contribution in [0.3, 0.4) is 0 Å². The van der Waals surface area contributed by atoms with Crippen molar-refractivity contribution in [2.45, 2.75) is 33.2 Å². The number of pyridine rings is 1. The van der Waals surface area contributed by atoms with E-state index in [2.05, 4.69) is 40.7 Å². The average molecular weight is 384 g/mol. The van der Waals surface area contributed by atoms with Crippen molar-refractivity contribution in [3.8, 4) is 11.1 Å². The van der Waals surface area contributed by atoms with Gasteiger partial charge in [0.1, 0.15) is 0 Å². The first-order valence-corrected chi connectivity index (χ1v) is 9.94. The molecule has 2 aromatic heterocycles. The molecule has 4 aromatic rings. The predicted octanol–water partition coefficient (Wildman–Crippen LogP) is 5.84. The van der Waals surface area contributed by atoms with Crippen LogP contribution in [0.1, 0.15) is 37.0 Å². The van der Waals surface area contributed by atoms with E-state index in [9.17, 15) is 4.79 Å². The van der Waals surface area contributed by atoms with E-state index in [0.29, 0.717) is 5.56 Å². The quantitative estimate of drug-likeness (QED) is 0.406. The molecule has 0 aliphatic heterocycles. The van der Waals surface area contributed by atoms with Gasteiger partial charge in [0.2, 0.25) is 0 Å². The predicted molar refractivity (Wildman–Crippen MR) is 118 cm³/mol. The summed E-state index contributed by atoms with van der Waals surface area (Å²) in [6.45, 7) is 4.66. The van der Waals surface area contributed by atoms with E-state index in [-0.39, 0.29) is 5.78 Å². The van der Waals surface area contributed by atoms with E-state index in [0.717, 1.165) is 52.8 Å². The molecule has 0 aliphatic rings. The minimum atomic E-state index is -0.0179. The van der Waals surface area contributed by atoms with Crippen LogP contribution in [-0.4, -0.2) is 20.5 Å². The highest BCUT2D eigenvalue weighted by Gasteiger charge is 2.14. The average Bonchev–Trinajstić information content (AvgIpc) is 3.21. The van der Waals surface area contributed by atoms with Crippen LogP contribution in [0.15, 0.2) is 67.1 Å². The van der Waals surface area contributed by atoms with Crippen LogP contribution in [-0.2, 0) is 6.54 Å². The number of Topliss-reactive ketones (excluding diaryl/α,β-unsaturated/α-hetero) is 1. The molecule has 146 valence electrons. The van der Waals surface area contributed by atoms with E-state index in [1.165, 1.54) is 0 Å². The molecular weight excluding hydrogens is 360 g/mol. The monoisotopic (exact) mass is 384 g/mol. The van der Waals surface area contributed by atoms with Crippen molar-refractivity contribution in [2.75, 3.05) is 5.32 Å². The highest BCUT2D eigenvalue weighted by atomic mass is 16.1. The molecule has 0 saturated heterocycles. The largest absolute Gasteiger partial charge is 0.354 e. The van der Waals surface area contributed by atoms with Crippen LogP contribution < -0.4 is 5.32 Å². The molecule has 4 rings (SSSR count). The van der Waals surface area contributed by atoms with Gasteiger partial charge in [0.15, 0.2) is 5.78 Å². The van der Waals surface area contributed by atoms with Crippen molar-refractivity contribution in [2.24, 2.45) is 0 Å². The molecule has 5 heteroatoms. The number of unbranched alkanes of at least 4 members (excludes halogenated alkanes) is 1. The third-order valence-corrected chi connectivity index (χ3v) is 5.00. The van der Waals surface area contributed by atoms with Gasteiger partial charge >= 0.3 is 0 Å². The summed E-state index contributed by atoms with van der Waals surface area (Å²) in [5, 5.41) is 8.82. The first kappa shape index (κ1) is 18.9. The van der Waals surface area contributed by atoms with E-state index in [1.54, 1.807) is 13.1 Å². The standard InChI is InChI=1S/C24H24N4O/c1-3-4-12-28-16-19(14-26-28)18-10-11-23-21(13-18)24(22(15-25-23)17(2)29)27-20-8-6-5-7-9-20/h5-11,13-16H,3-4,12H2,1-2H3,(H,25,27). The smallest absolute Gasteiger partial charge is 0.163 e. The third kappa shape index (κ3) is 4.04. The molecule has 29 heavy (non-hydrogen) atoms. The maximum atomic E-state index is 12.3. The summed E-state index contributed by atoms with van der Waals surface area (Å²) >= 11 is 0. The molecule has 0 amide bonds. The number of rotatable bonds is 7. The van der Waals surface area contributed by atoms with Crippen molar-refractivity contribution in [1.82, 2.24) is 14.8 Å². The van der Waals surface area contributed by atoms with Gasteiger partial charge in [-0.1, -0.05) is 37.6 Å². The Morgan fingerprint density at radius 2 is 1.90 bits per heavy atom. The maximum absolute atomic E-state index is 12.3. The number of carbonyl (C=O) groups is 1. The molecule has 0 spiro atoms. The van der Waals surface area contributed by atoms with Crippen LogP contribution in [0, 0.1) is 0 Å². The molecule has 0 radical (unpaired) electrons. The van der Waals surface area contributed by atoms with Crippen molar-refractivity contribution in [1.29, 1.82) is 0 Å². The van der Waals surface area contributed by atoms with Gasteiger partial charge in [0, 0.05) is 35.6 Å².